The first-order valence-corrected chi connectivity index (χ1v) is 14.0. The van der Waals surface area contributed by atoms with E-state index in [1.54, 1.807) is 4.90 Å². The van der Waals surface area contributed by atoms with Gasteiger partial charge in [0.15, 0.2) is 0 Å². The van der Waals surface area contributed by atoms with Crippen LogP contribution in [0, 0.1) is 19.8 Å². The molecule has 6 heteroatoms. The second-order valence-electron chi connectivity index (χ2n) is 11.1. The minimum absolute atomic E-state index is 0.000394. The van der Waals surface area contributed by atoms with Crippen LogP contribution in [0.15, 0.2) is 72.8 Å². The van der Waals surface area contributed by atoms with E-state index in [0.29, 0.717) is 19.1 Å². The highest BCUT2D eigenvalue weighted by Gasteiger charge is 2.36. The van der Waals surface area contributed by atoms with Gasteiger partial charge in [0.1, 0.15) is 6.61 Å². The largest absolute Gasteiger partial charge is 0.463 e. The number of nitrogens with zero attached hydrogens (tertiary/aromatic N) is 2. The van der Waals surface area contributed by atoms with Crippen LogP contribution in [0.25, 0.3) is 0 Å². The number of benzene rings is 3. The van der Waals surface area contributed by atoms with E-state index in [1.807, 2.05) is 0 Å². The van der Waals surface area contributed by atoms with Crippen LogP contribution in [-0.2, 0) is 27.3 Å². The highest BCUT2D eigenvalue weighted by molar-refractivity contribution is 5.80. The number of hydrogen-bond acceptors (Lipinski definition) is 5. The Bertz CT molecular complexity index is 1280. The van der Waals surface area contributed by atoms with Crippen LogP contribution in [0.3, 0.4) is 0 Å². The van der Waals surface area contributed by atoms with Gasteiger partial charge in [0, 0.05) is 32.6 Å². The van der Waals surface area contributed by atoms with Crippen LogP contribution in [0.4, 0.5) is 11.4 Å². The maximum atomic E-state index is 12.8. The average molecular weight is 526 g/mol. The Morgan fingerprint density at radius 2 is 1.54 bits per heavy atom. The van der Waals surface area contributed by atoms with Crippen molar-refractivity contribution in [2.24, 2.45) is 5.92 Å². The highest BCUT2D eigenvalue weighted by Crippen LogP contribution is 2.37. The Morgan fingerprint density at radius 3 is 2.15 bits per heavy atom. The third kappa shape index (κ3) is 6.99. The summed E-state index contributed by atoms with van der Waals surface area (Å²) in [5.74, 6) is -0.461. The molecule has 1 amide bonds. The average Bonchev–Trinajstić information content (AvgIpc) is 3.73. The van der Waals surface area contributed by atoms with Crippen LogP contribution in [0.1, 0.15) is 42.0 Å². The minimum Gasteiger partial charge on any atom is -0.463 e. The van der Waals surface area contributed by atoms with Crippen LogP contribution in [0.2, 0.25) is 0 Å². The van der Waals surface area contributed by atoms with Crippen molar-refractivity contribution in [3.05, 3.63) is 95.1 Å². The molecule has 1 N–H and O–H groups in total. The van der Waals surface area contributed by atoms with E-state index in [1.165, 1.54) is 47.7 Å². The van der Waals surface area contributed by atoms with Crippen molar-refractivity contribution in [3.63, 3.8) is 0 Å². The molecule has 1 saturated heterocycles. The zero-order chi connectivity index (χ0) is 27.4. The molecule has 0 aromatic heterocycles. The van der Waals surface area contributed by atoms with E-state index >= 15 is 0 Å². The van der Waals surface area contributed by atoms with Gasteiger partial charge < -0.3 is 19.9 Å². The Kier molecular flexibility index (Phi) is 8.20. The summed E-state index contributed by atoms with van der Waals surface area (Å²) in [4.78, 5) is 28.4. The molecular weight excluding hydrogens is 486 g/mol. The normalized spacial score (nSPS) is 15.8. The van der Waals surface area contributed by atoms with Crippen molar-refractivity contribution in [3.8, 4) is 0 Å². The number of amides is 1. The number of aryl methyl sites for hydroxylation is 2. The van der Waals surface area contributed by atoms with E-state index in [9.17, 15) is 9.59 Å². The molecule has 0 bridgehead atoms. The van der Waals surface area contributed by atoms with Crippen molar-refractivity contribution >= 4 is 23.3 Å². The predicted octanol–water partition coefficient (Wildman–Crippen LogP) is 5.52. The number of nitrogens with one attached hydrogen (secondary N) is 1. The molecule has 0 spiro atoms. The lowest BCUT2D eigenvalue weighted by Gasteiger charge is -2.37. The SMILES string of the molecule is CC(=O)N1CC(C(=O)OC[C@H](Cc2ccc(C)cc2)Nc2ccccc2N(Cc2ccc(C)cc2)C2CC2)C1. The molecule has 1 atom stereocenters. The molecule has 1 heterocycles. The fourth-order valence-electron chi connectivity index (χ4n) is 5.10. The number of rotatable bonds is 11. The summed E-state index contributed by atoms with van der Waals surface area (Å²) in [7, 11) is 0. The third-order valence-corrected chi connectivity index (χ3v) is 7.72. The summed E-state index contributed by atoms with van der Waals surface area (Å²) in [6.07, 6.45) is 3.13. The number of para-hydroxylation sites is 2. The second-order valence-corrected chi connectivity index (χ2v) is 11.1. The van der Waals surface area contributed by atoms with Gasteiger partial charge in [-0.1, -0.05) is 71.8 Å². The highest BCUT2D eigenvalue weighted by atomic mass is 16.5. The van der Waals surface area contributed by atoms with Gasteiger partial charge in [-0.05, 0) is 56.4 Å². The fourth-order valence-corrected chi connectivity index (χ4v) is 5.10. The summed E-state index contributed by atoms with van der Waals surface area (Å²) in [6.45, 7) is 7.75. The third-order valence-electron chi connectivity index (χ3n) is 7.72. The van der Waals surface area contributed by atoms with E-state index < -0.39 is 0 Å². The first kappa shape index (κ1) is 26.8. The van der Waals surface area contributed by atoms with Crippen LogP contribution >= 0.6 is 0 Å². The number of esters is 1. The molecule has 2 aliphatic rings. The maximum Gasteiger partial charge on any atom is 0.312 e. The Labute approximate surface area is 232 Å². The van der Waals surface area contributed by atoms with E-state index in [-0.39, 0.29) is 30.4 Å². The van der Waals surface area contributed by atoms with Gasteiger partial charge in [-0.15, -0.1) is 0 Å². The molecule has 2 fully saturated rings. The molecule has 1 saturated carbocycles. The molecule has 3 aromatic rings. The first-order valence-electron chi connectivity index (χ1n) is 14.0. The standard InChI is InChI=1S/C33H39N3O3/c1-23-8-12-26(13-9-23)18-29(22-39-33(38)28-20-35(21-28)25(3)37)34-31-6-4-5-7-32(31)36(30-16-17-30)19-27-14-10-24(2)11-15-27/h4-15,28-30,34H,16-22H2,1-3H3/t29-/m0/s1. The smallest absolute Gasteiger partial charge is 0.312 e. The number of carbonyl (C=O) groups excluding carboxylic acids is 2. The van der Waals surface area contributed by atoms with Crippen molar-refractivity contribution in [2.75, 3.05) is 29.9 Å². The van der Waals surface area contributed by atoms with Gasteiger partial charge in [0.05, 0.1) is 23.3 Å². The molecule has 5 rings (SSSR count). The molecule has 1 aliphatic carbocycles. The Morgan fingerprint density at radius 1 is 0.923 bits per heavy atom. The van der Waals surface area contributed by atoms with Gasteiger partial charge in [-0.25, -0.2) is 0 Å². The van der Waals surface area contributed by atoms with Crippen molar-refractivity contribution in [2.45, 2.75) is 58.7 Å². The number of likely N-dealkylation sites (tertiary alicyclic amines) is 1. The lowest BCUT2D eigenvalue weighted by molar-refractivity contribution is -0.157. The lowest BCUT2D eigenvalue weighted by atomic mass is 10.0. The number of anilines is 2. The first-order chi connectivity index (χ1) is 18.9. The number of hydrogen-bond donors (Lipinski definition) is 1. The number of ether oxygens (including phenoxy) is 1. The van der Waals surface area contributed by atoms with Gasteiger partial charge in [-0.2, -0.15) is 0 Å². The van der Waals surface area contributed by atoms with Crippen molar-refractivity contribution in [1.29, 1.82) is 0 Å². The van der Waals surface area contributed by atoms with E-state index in [4.69, 9.17) is 4.74 Å². The second kappa shape index (κ2) is 11.9. The Balaban J connectivity index is 1.32. The zero-order valence-electron chi connectivity index (χ0n) is 23.2. The van der Waals surface area contributed by atoms with Crippen LogP contribution < -0.4 is 10.2 Å². The molecule has 0 unspecified atom stereocenters. The molecule has 204 valence electrons. The summed E-state index contributed by atoms with van der Waals surface area (Å²) in [5.41, 5.74) is 7.21. The topological polar surface area (TPSA) is 61.9 Å². The lowest BCUT2D eigenvalue weighted by Crippen LogP contribution is -2.53. The van der Waals surface area contributed by atoms with E-state index in [2.05, 4.69) is 96.9 Å². The van der Waals surface area contributed by atoms with Gasteiger partial charge in [0.25, 0.3) is 0 Å². The number of carbonyl (C=O) groups is 2. The van der Waals surface area contributed by atoms with Gasteiger partial charge in [-0.3, -0.25) is 9.59 Å². The van der Waals surface area contributed by atoms with Gasteiger partial charge in [0.2, 0.25) is 5.91 Å². The fraction of sp³-hybridized carbons (Fsp3) is 0.394. The molecule has 1 aliphatic heterocycles. The molecule has 39 heavy (non-hydrogen) atoms. The monoisotopic (exact) mass is 525 g/mol. The molecule has 6 nitrogen and oxygen atoms in total. The minimum atomic E-state index is -0.235. The summed E-state index contributed by atoms with van der Waals surface area (Å²) in [5, 5.41) is 3.74. The molecular formula is C33H39N3O3. The van der Waals surface area contributed by atoms with Crippen molar-refractivity contribution < 1.29 is 14.3 Å². The maximum absolute atomic E-state index is 12.8. The Hall–Kier alpha value is -3.80. The van der Waals surface area contributed by atoms with Crippen LogP contribution in [0.5, 0.6) is 0 Å². The quantitative estimate of drug-likeness (QED) is 0.334. The summed E-state index contributed by atoms with van der Waals surface area (Å²) >= 11 is 0. The summed E-state index contributed by atoms with van der Waals surface area (Å²) in [6, 6.07) is 26.2. The van der Waals surface area contributed by atoms with Gasteiger partial charge >= 0.3 is 5.97 Å². The predicted molar refractivity (Wildman–Crippen MR) is 156 cm³/mol. The van der Waals surface area contributed by atoms with Crippen molar-refractivity contribution in [1.82, 2.24) is 4.90 Å². The van der Waals surface area contributed by atoms with Crippen LogP contribution in [-0.4, -0.2) is 48.6 Å². The molecule has 0 radical (unpaired) electrons. The zero-order valence-corrected chi connectivity index (χ0v) is 23.2. The summed E-state index contributed by atoms with van der Waals surface area (Å²) < 4.78 is 5.82. The molecule has 3 aromatic carbocycles. The van der Waals surface area contributed by atoms with E-state index in [0.717, 1.165) is 18.7 Å².